The molecule has 202 valence electrons. The molecule has 0 unspecified atom stereocenters. The van der Waals surface area contributed by atoms with E-state index in [1.54, 1.807) is 0 Å². The molecule has 0 saturated carbocycles. The van der Waals surface area contributed by atoms with Crippen molar-refractivity contribution in [3.8, 4) is 11.1 Å². The van der Waals surface area contributed by atoms with Gasteiger partial charge in [0.25, 0.3) is 0 Å². The van der Waals surface area contributed by atoms with Crippen LogP contribution in [0.25, 0.3) is 21.9 Å². The van der Waals surface area contributed by atoms with Gasteiger partial charge in [-0.2, -0.15) is 0 Å². The van der Waals surface area contributed by atoms with E-state index in [4.69, 9.17) is 4.74 Å². The molecule has 40 heavy (non-hydrogen) atoms. The van der Waals surface area contributed by atoms with Crippen molar-refractivity contribution in [2.24, 2.45) is 0 Å². The quantitative estimate of drug-likeness (QED) is 0.200. The average Bonchev–Trinajstić information content (AvgIpc) is 3.32. The summed E-state index contributed by atoms with van der Waals surface area (Å²) in [5, 5.41) is 2.47. The van der Waals surface area contributed by atoms with E-state index in [9.17, 15) is 0 Å². The SMILES string of the molecule is CCC1(CC)OC(CC)(CC)c2cc(-c3cc(N(c4ccccc4)c4ccccc4)c4ccccc4c3)ccc21. The number of rotatable bonds is 8. The lowest BCUT2D eigenvalue weighted by Crippen LogP contribution is -2.31. The second kappa shape index (κ2) is 10.6. The average molecular weight is 526 g/mol. The predicted octanol–water partition coefficient (Wildman–Crippen LogP) is 11.0. The highest BCUT2D eigenvalue weighted by Gasteiger charge is 2.49. The third-order valence-corrected chi connectivity index (χ3v) is 9.12. The first kappa shape index (κ1) is 26.3. The Morgan fingerprint density at radius 2 is 1.07 bits per heavy atom. The minimum absolute atomic E-state index is 0.203. The molecule has 0 fully saturated rings. The maximum Gasteiger partial charge on any atom is 0.0942 e. The zero-order valence-corrected chi connectivity index (χ0v) is 24.2. The Labute approximate surface area is 239 Å². The zero-order chi connectivity index (χ0) is 27.7. The summed E-state index contributed by atoms with van der Waals surface area (Å²) in [6, 6.07) is 41.9. The monoisotopic (exact) mass is 525 g/mol. The Bertz CT molecular complexity index is 1570. The van der Waals surface area contributed by atoms with Crippen molar-refractivity contribution >= 4 is 27.8 Å². The van der Waals surface area contributed by atoms with Gasteiger partial charge in [0.2, 0.25) is 0 Å². The summed E-state index contributed by atoms with van der Waals surface area (Å²) in [6.45, 7) is 9.07. The molecule has 0 spiro atoms. The van der Waals surface area contributed by atoms with E-state index >= 15 is 0 Å². The van der Waals surface area contributed by atoms with E-state index in [0.29, 0.717) is 0 Å². The summed E-state index contributed by atoms with van der Waals surface area (Å²) in [5.41, 5.74) is 8.23. The van der Waals surface area contributed by atoms with Crippen LogP contribution in [0.1, 0.15) is 64.5 Å². The maximum atomic E-state index is 7.03. The van der Waals surface area contributed by atoms with Gasteiger partial charge >= 0.3 is 0 Å². The standard InChI is InChI=1S/C38H39NO/c1-5-37(6-2)34-24-23-28(26-35(34)38(7-3,8-4)40-37)30-25-29-17-15-16-22-33(29)36(27-30)39(31-18-11-9-12-19-31)32-20-13-10-14-21-32/h9-27H,5-8H2,1-4H3. The van der Waals surface area contributed by atoms with Gasteiger partial charge in [-0.3, -0.25) is 0 Å². The van der Waals surface area contributed by atoms with Crippen LogP contribution in [0.5, 0.6) is 0 Å². The molecule has 2 nitrogen and oxygen atoms in total. The van der Waals surface area contributed by atoms with Crippen LogP contribution in [0.2, 0.25) is 0 Å². The highest BCUT2D eigenvalue weighted by Crippen LogP contribution is 2.54. The van der Waals surface area contributed by atoms with Crippen molar-refractivity contribution in [1.82, 2.24) is 0 Å². The van der Waals surface area contributed by atoms with Crippen molar-refractivity contribution in [3.05, 3.63) is 126 Å². The van der Waals surface area contributed by atoms with Crippen LogP contribution in [-0.4, -0.2) is 0 Å². The second-order valence-electron chi connectivity index (χ2n) is 11.0. The number of ether oxygens (including phenoxy) is 1. The van der Waals surface area contributed by atoms with Crippen LogP contribution in [0.15, 0.2) is 115 Å². The van der Waals surface area contributed by atoms with E-state index in [-0.39, 0.29) is 11.2 Å². The van der Waals surface area contributed by atoms with E-state index in [0.717, 1.165) is 37.1 Å². The van der Waals surface area contributed by atoms with Crippen LogP contribution in [-0.2, 0) is 15.9 Å². The van der Waals surface area contributed by atoms with Crippen LogP contribution in [0.3, 0.4) is 0 Å². The number of hydrogen-bond acceptors (Lipinski definition) is 2. The molecule has 0 bridgehead atoms. The molecule has 1 aliphatic heterocycles. The number of para-hydroxylation sites is 2. The van der Waals surface area contributed by atoms with Crippen molar-refractivity contribution in [1.29, 1.82) is 0 Å². The van der Waals surface area contributed by atoms with Gasteiger partial charge < -0.3 is 9.64 Å². The van der Waals surface area contributed by atoms with Crippen LogP contribution in [0, 0.1) is 0 Å². The van der Waals surface area contributed by atoms with Gasteiger partial charge in [0, 0.05) is 16.8 Å². The van der Waals surface area contributed by atoms with Gasteiger partial charge in [-0.25, -0.2) is 0 Å². The third-order valence-electron chi connectivity index (χ3n) is 9.12. The first-order chi connectivity index (χ1) is 19.6. The van der Waals surface area contributed by atoms with Crippen molar-refractivity contribution < 1.29 is 4.74 Å². The normalized spacial score (nSPS) is 15.2. The minimum Gasteiger partial charge on any atom is -0.359 e. The summed E-state index contributed by atoms with van der Waals surface area (Å²) in [6.07, 6.45) is 3.92. The highest BCUT2D eigenvalue weighted by molar-refractivity contribution is 6.02. The van der Waals surface area contributed by atoms with E-state index in [1.807, 2.05) is 0 Å². The fourth-order valence-corrected chi connectivity index (χ4v) is 6.76. The largest absolute Gasteiger partial charge is 0.359 e. The maximum absolute atomic E-state index is 7.03. The molecule has 5 aromatic rings. The fourth-order valence-electron chi connectivity index (χ4n) is 6.76. The second-order valence-corrected chi connectivity index (χ2v) is 11.0. The van der Waals surface area contributed by atoms with Crippen molar-refractivity contribution in [2.75, 3.05) is 4.90 Å². The minimum atomic E-state index is -0.239. The topological polar surface area (TPSA) is 12.5 Å². The lowest BCUT2D eigenvalue weighted by molar-refractivity contribution is -0.151. The summed E-state index contributed by atoms with van der Waals surface area (Å²) in [7, 11) is 0. The molecular weight excluding hydrogens is 486 g/mol. The van der Waals surface area contributed by atoms with Crippen LogP contribution < -0.4 is 4.90 Å². The number of nitrogens with zero attached hydrogens (tertiary/aromatic N) is 1. The molecule has 0 N–H and O–H groups in total. The molecule has 1 heterocycles. The molecule has 2 heteroatoms. The molecular formula is C38H39NO. The Hall–Kier alpha value is -3.88. The molecule has 0 aromatic heterocycles. The third kappa shape index (κ3) is 4.22. The summed E-state index contributed by atoms with van der Waals surface area (Å²) in [4.78, 5) is 2.38. The highest BCUT2D eigenvalue weighted by atomic mass is 16.5. The Morgan fingerprint density at radius 1 is 0.525 bits per heavy atom. The molecule has 0 atom stereocenters. The number of hydrogen-bond donors (Lipinski definition) is 0. The van der Waals surface area contributed by atoms with Gasteiger partial charge in [0.05, 0.1) is 16.9 Å². The molecule has 6 rings (SSSR count). The Kier molecular flexibility index (Phi) is 6.98. The Balaban J connectivity index is 1.59. The molecule has 0 saturated heterocycles. The predicted molar refractivity (Wildman–Crippen MR) is 170 cm³/mol. The van der Waals surface area contributed by atoms with Gasteiger partial charge in [0.1, 0.15) is 0 Å². The van der Waals surface area contributed by atoms with E-state index in [2.05, 4.69) is 148 Å². The fraction of sp³-hybridized carbons (Fsp3) is 0.263. The van der Waals surface area contributed by atoms with Crippen LogP contribution in [0.4, 0.5) is 17.1 Å². The van der Waals surface area contributed by atoms with Gasteiger partial charge in [-0.1, -0.05) is 100 Å². The molecule has 1 aliphatic rings. The van der Waals surface area contributed by atoms with Crippen molar-refractivity contribution in [3.63, 3.8) is 0 Å². The Morgan fingerprint density at radius 3 is 1.68 bits per heavy atom. The molecule has 5 aromatic carbocycles. The molecule has 0 aliphatic carbocycles. The van der Waals surface area contributed by atoms with Crippen molar-refractivity contribution in [2.45, 2.75) is 64.6 Å². The number of benzene rings is 5. The lowest BCUT2D eigenvalue weighted by atomic mass is 9.81. The number of fused-ring (bicyclic) bond motifs is 2. The van der Waals surface area contributed by atoms with Crippen LogP contribution >= 0.6 is 0 Å². The van der Waals surface area contributed by atoms with Gasteiger partial charge in [-0.15, -0.1) is 0 Å². The van der Waals surface area contributed by atoms with Gasteiger partial charge in [0.15, 0.2) is 0 Å². The summed E-state index contributed by atoms with van der Waals surface area (Å²) >= 11 is 0. The smallest absolute Gasteiger partial charge is 0.0942 e. The zero-order valence-electron chi connectivity index (χ0n) is 24.2. The molecule has 0 radical (unpaired) electrons. The lowest BCUT2D eigenvalue weighted by Gasteiger charge is -2.34. The first-order valence-corrected chi connectivity index (χ1v) is 14.9. The first-order valence-electron chi connectivity index (χ1n) is 14.9. The van der Waals surface area contributed by atoms with E-state index in [1.165, 1.54) is 38.7 Å². The molecule has 0 amide bonds. The van der Waals surface area contributed by atoms with E-state index < -0.39 is 0 Å². The number of anilines is 3. The van der Waals surface area contributed by atoms with Gasteiger partial charge in [-0.05, 0) is 95.8 Å². The summed E-state index contributed by atoms with van der Waals surface area (Å²) in [5.74, 6) is 0. The summed E-state index contributed by atoms with van der Waals surface area (Å²) < 4.78 is 7.03.